The maximum atomic E-state index is 9.83. The Morgan fingerprint density at radius 1 is 0.950 bits per heavy atom. The van der Waals surface area contributed by atoms with Gasteiger partial charge >= 0.3 is 0 Å². The second-order valence-corrected chi connectivity index (χ2v) is 7.81. The first-order valence-corrected chi connectivity index (χ1v) is 9.16. The van der Waals surface area contributed by atoms with E-state index in [2.05, 4.69) is 48.9 Å². The van der Waals surface area contributed by atoms with E-state index in [1.807, 2.05) is 0 Å². The summed E-state index contributed by atoms with van der Waals surface area (Å²) in [4.78, 5) is 2.71. The molecule has 2 saturated carbocycles. The van der Waals surface area contributed by atoms with Gasteiger partial charge in [-0.3, -0.25) is 4.90 Å². The van der Waals surface area contributed by atoms with E-state index < -0.39 is 0 Å². The van der Waals surface area contributed by atoms with Crippen molar-refractivity contribution in [3.05, 3.63) is 26.6 Å². The smallest absolute Gasteiger partial charge is 0.143 e. The lowest BCUT2D eigenvalue weighted by Crippen LogP contribution is -2.37. The van der Waals surface area contributed by atoms with Gasteiger partial charge in [0.1, 0.15) is 5.75 Å². The van der Waals surface area contributed by atoms with Crippen molar-refractivity contribution in [3.63, 3.8) is 0 Å². The predicted octanol–water partition coefficient (Wildman–Crippen LogP) is 5.21. The zero-order valence-corrected chi connectivity index (χ0v) is 14.8. The molecular weight excluding hydrogens is 382 g/mol. The average Bonchev–Trinajstić information content (AvgIpc) is 3.27. The summed E-state index contributed by atoms with van der Waals surface area (Å²) in [5, 5.41) is 9.83. The van der Waals surface area contributed by atoms with Crippen molar-refractivity contribution in [3.8, 4) is 5.75 Å². The van der Waals surface area contributed by atoms with E-state index in [-0.39, 0.29) is 0 Å². The van der Waals surface area contributed by atoms with Crippen molar-refractivity contribution in [2.24, 2.45) is 0 Å². The SMILES string of the molecule is Oc1c(Br)cc(CN(C2CCCCC2)C2CC2)cc1Br. The van der Waals surface area contributed by atoms with E-state index >= 15 is 0 Å². The molecule has 2 fully saturated rings. The molecule has 110 valence electrons. The summed E-state index contributed by atoms with van der Waals surface area (Å²) in [5.41, 5.74) is 1.28. The van der Waals surface area contributed by atoms with Crippen LogP contribution in [0.5, 0.6) is 5.75 Å². The highest BCUT2D eigenvalue weighted by Gasteiger charge is 2.34. The Balaban J connectivity index is 1.76. The first-order valence-electron chi connectivity index (χ1n) is 7.58. The fraction of sp³-hybridized carbons (Fsp3) is 0.625. The molecule has 2 aliphatic carbocycles. The van der Waals surface area contributed by atoms with E-state index in [1.54, 1.807) is 0 Å². The number of hydrogen-bond donors (Lipinski definition) is 1. The highest BCUT2D eigenvalue weighted by atomic mass is 79.9. The predicted molar refractivity (Wildman–Crippen MR) is 88.9 cm³/mol. The molecule has 0 spiro atoms. The molecule has 1 aromatic carbocycles. The first-order chi connectivity index (χ1) is 9.65. The van der Waals surface area contributed by atoms with Gasteiger partial charge in [-0.1, -0.05) is 19.3 Å². The quantitative estimate of drug-likeness (QED) is 0.746. The van der Waals surface area contributed by atoms with Crippen LogP contribution in [0.4, 0.5) is 0 Å². The molecule has 20 heavy (non-hydrogen) atoms. The summed E-state index contributed by atoms with van der Waals surface area (Å²) in [5.74, 6) is 0.296. The minimum atomic E-state index is 0.296. The van der Waals surface area contributed by atoms with Crippen LogP contribution in [0.3, 0.4) is 0 Å². The van der Waals surface area contributed by atoms with Crippen molar-refractivity contribution in [1.82, 2.24) is 4.90 Å². The fourth-order valence-corrected chi connectivity index (χ4v) is 4.58. The second-order valence-electron chi connectivity index (χ2n) is 6.10. The Bertz CT molecular complexity index is 458. The van der Waals surface area contributed by atoms with Gasteiger partial charge in [0.2, 0.25) is 0 Å². The van der Waals surface area contributed by atoms with Crippen LogP contribution in [0, 0.1) is 0 Å². The highest BCUT2D eigenvalue weighted by molar-refractivity contribution is 9.11. The molecule has 0 aromatic heterocycles. The number of hydrogen-bond acceptors (Lipinski definition) is 2. The maximum absolute atomic E-state index is 9.83. The molecule has 2 nitrogen and oxygen atoms in total. The number of halogens is 2. The Labute approximate surface area is 137 Å². The van der Waals surface area contributed by atoms with Crippen LogP contribution < -0.4 is 0 Å². The molecule has 0 bridgehead atoms. The van der Waals surface area contributed by atoms with E-state index in [1.165, 1.54) is 50.5 Å². The van der Waals surface area contributed by atoms with E-state index in [0.29, 0.717) is 5.75 Å². The molecule has 1 aromatic rings. The maximum Gasteiger partial charge on any atom is 0.143 e. The summed E-state index contributed by atoms with van der Waals surface area (Å²) in [7, 11) is 0. The minimum Gasteiger partial charge on any atom is -0.506 e. The average molecular weight is 403 g/mol. The molecule has 0 atom stereocenters. The van der Waals surface area contributed by atoms with Gasteiger partial charge in [-0.25, -0.2) is 0 Å². The summed E-state index contributed by atoms with van der Waals surface area (Å²) >= 11 is 6.87. The van der Waals surface area contributed by atoms with Crippen molar-refractivity contribution < 1.29 is 5.11 Å². The van der Waals surface area contributed by atoms with Gasteiger partial charge < -0.3 is 5.11 Å². The second kappa shape index (κ2) is 6.37. The Hall–Kier alpha value is -0.0600. The molecule has 0 unspecified atom stereocenters. The number of nitrogens with zero attached hydrogens (tertiary/aromatic N) is 1. The summed E-state index contributed by atoms with van der Waals surface area (Å²) in [6.45, 7) is 1.01. The zero-order valence-electron chi connectivity index (χ0n) is 11.6. The van der Waals surface area contributed by atoms with Gasteiger partial charge in [0.05, 0.1) is 8.95 Å². The van der Waals surface area contributed by atoms with Crippen LogP contribution in [0.1, 0.15) is 50.5 Å². The fourth-order valence-electron chi connectivity index (χ4n) is 3.30. The third-order valence-electron chi connectivity index (χ3n) is 4.50. The minimum absolute atomic E-state index is 0.296. The lowest BCUT2D eigenvalue weighted by molar-refractivity contribution is 0.139. The Kier molecular flexibility index (Phi) is 4.73. The molecule has 0 heterocycles. The van der Waals surface area contributed by atoms with Gasteiger partial charge in [-0.15, -0.1) is 0 Å². The molecule has 4 heteroatoms. The number of phenolic OH excluding ortho intramolecular Hbond substituents is 1. The molecular formula is C16H21Br2NO. The van der Waals surface area contributed by atoms with Gasteiger partial charge in [-0.2, -0.15) is 0 Å². The van der Waals surface area contributed by atoms with E-state index in [9.17, 15) is 5.11 Å². The van der Waals surface area contributed by atoms with Crippen molar-refractivity contribution in [1.29, 1.82) is 0 Å². The zero-order chi connectivity index (χ0) is 14.1. The molecule has 3 rings (SSSR count). The highest BCUT2D eigenvalue weighted by Crippen LogP contribution is 2.37. The Morgan fingerprint density at radius 3 is 2.05 bits per heavy atom. The van der Waals surface area contributed by atoms with Gasteiger partial charge in [-0.05, 0) is 75.2 Å². The normalized spacial score (nSPS) is 20.6. The van der Waals surface area contributed by atoms with Gasteiger partial charge in [0.25, 0.3) is 0 Å². The summed E-state index contributed by atoms with van der Waals surface area (Å²) in [6, 6.07) is 5.67. The number of rotatable bonds is 4. The number of aromatic hydroxyl groups is 1. The summed E-state index contributed by atoms with van der Waals surface area (Å²) in [6.07, 6.45) is 9.61. The topological polar surface area (TPSA) is 23.5 Å². The summed E-state index contributed by atoms with van der Waals surface area (Å²) < 4.78 is 1.56. The van der Waals surface area contributed by atoms with Crippen molar-refractivity contribution in [2.45, 2.75) is 63.6 Å². The first kappa shape index (κ1) is 14.9. The molecule has 1 N–H and O–H groups in total. The van der Waals surface area contributed by atoms with Gasteiger partial charge in [0, 0.05) is 18.6 Å². The third kappa shape index (κ3) is 3.40. The van der Waals surface area contributed by atoms with E-state index in [4.69, 9.17) is 0 Å². The van der Waals surface area contributed by atoms with Crippen LogP contribution in [0.25, 0.3) is 0 Å². The van der Waals surface area contributed by atoms with E-state index in [0.717, 1.165) is 27.6 Å². The molecule has 0 radical (unpaired) electrons. The van der Waals surface area contributed by atoms with Crippen LogP contribution >= 0.6 is 31.9 Å². The van der Waals surface area contributed by atoms with Crippen LogP contribution in [-0.4, -0.2) is 22.1 Å². The number of phenols is 1. The largest absolute Gasteiger partial charge is 0.506 e. The van der Waals surface area contributed by atoms with Crippen molar-refractivity contribution >= 4 is 31.9 Å². The van der Waals surface area contributed by atoms with Crippen molar-refractivity contribution in [2.75, 3.05) is 0 Å². The molecule has 0 saturated heterocycles. The van der Waals surface area contributed by atoms with Crippen LogP contribution in [0.2, 0.25) is 0 Å². The monoisotopic (exact) mass is 401 g/mol. The standard InChI is InChI=1S/C16H21Br2NO/c17-14-8-11(9-15(18)16(14)20)10-19(13-6-7-13)12-4-2-1-3-5-12/h8-9,12-13,20H,1-7,10H2. The number of benzene rings is 1. The lowest BCUT2D eigenvalue weighted by atomic mass is 9.93. The van der Waals surface area contributed by atoms with Crippen LogP contribution in [0.15, 0.2) is 21.1 Å². The lowest BCUT2D eigenvalue weighted by Gasteiger charge is -2.34. The molecule has 2 aliphatic rings. The van der Waals surface area contributed by atoms with Gasteiger partial charge in [0.15, 0.2) is 0 Å². The third-order valence-corrected chi connectivity index (χ3v) is 5.71. The Morgan fingerprint density at radius 2 is 1.50 bits per heavy atom. The molecule has 0 amide bonds. The van der Waals surface area contributed by atoms with Crippen LogP contribution in [-0.2, 0) is 6.54 Å². The molecule has 0 aliphatic heterocycles.